The van der Waals surface area contributed by atoms with E-state index in [1.54, 1.807) is 6.92 Å². The molecule has 0 spiro atoms. The number of aliphatic hydroxyl groups excluding tert-OH is 1. The Morgan fingerprint density at radius 1 is 1.50 bits per heavy atom. The summed E-state index contributed by atoms with van der Waals surface area (Å²) in [6.07, 6.45) is -0.962. The molecule has 1 saturated heterocycles. The van der Waals surface area contributed by atoms with E-state index < -0.39 is 23.3 Å². The van der Waals surface area contributed by atoms with Crippen molar-refractivity contribution in [2.75, 3.05) is 19.7 Å². The third-order valence-corrected chi connectivity index (χ3v) is 3.75. The summed E-state index contributed by atoms with van der Waals surface area (Å²) in [5.74, 6) is -1.26. The molecule has 20 heavy (non-hydrogen) atoms. The van der Waals surface area contributed by atoms with Crippen molar-refractivity contribution in [3.63, 3.8) is 0 Å². The van der Waals surface area contributed by atoms with Crippen LogP contribution in [-0.4, -0.2) is 41.6 Å². The first-order valence-corrected chi connectivity index (χ1v) is 6.60. The molecule has 0 aromatic heterocycles. The van der Waals surface area contributed by atoms with Crippen molar-refractivity contribution in [3.8, 4) is 0 Å². The van der Waals surface area contributed by atoms with Crippen LogP contribution < -0.4 is 5.32 Å². The van der Waals surface area contributed by atoms with Gasteiger partial charge in [-0.15, -0.1) is 0 Å². The standard InChI is InChI=1S/C14H19F2NO3/c1-9-14(19,4-5-20-9)8-17-7-13(18)11-6-10(15)2-3-12(11)16/h2-3,6,9,13,17-19H,4-5,7-8H2,1H3. The molecular weight excluding hydrogens is 268 g/mol. The van der Waals surface area contributed by atoms with Gasteiger partial charge in [0.2, 0.25) is 0 Å². The lowest BCUT2D eigenvalue weighted by Gasteiger charge is -2.27. The van der Waals surface area contributed by atoms with E-state index >= 15 is 0 Å². The maximum atomic E-state index is 13.5. The molecule has 1 aliphatic rings. The molecule has 112 valence electrons. The van der Waals surface area contributed by atoms with Crippen LogP contribution in [0.1, 0.15) is 25.0 Å². The van der Waals surface area contributed by atoms with E-state index in [0.29, 0.717) is 13.0 Å². The Morgan fingerprint density at radius 3 is 2.90 bits per heavy atom. The highest BCUT2D eigenvalue weighted by atomic mass is 19.1. The Labute approximate surface area is 116 Å². The van der Waals surface area contributed by atoms with Gasteiger partial charge in [0.15, 0.2) is 0 Å². The minimum Gasteiger partial charge on any atom is -0.387 e. The molecule has 0 radical (unpaired) electrons. The number of halogens is 2. The summed E-state index contributed by atoms with van der Waals surface area (Å²) in [5, 5.41) is 23.0. The number of benzene rings is 1. The number of hydrogen-bond donors (Lipinski definition) is 3. The van der Waals surface area contributed by atoms with E-state index in [9.17, 15) is 19.0 Å². The van der Waals surface area contributed by atoms with E-state index in [1.165, 1.54) is 0 Å². The third-order valence-electron chi connectivity index (χ3n) is 3.75. The molecule has 2 rings (SSSR count). The van der Waals surface area contributed by atoms with E-state index in [2.05, 4.69) is 5.32 Å². The van der Waals surface area contributed by atoms with Gasteiger partial charge >= 0.3 is 0 Å². The van der Waals surface area contributed by atoms with Gasteiger partial charge in [0.25, 0.3) is 0 Å². The SMILES string of the molecule is CC1OCCC1(O)CNCC(O)c1cc(F)ccc1F. The first-order chi connectivity index (χ1) is 9.42. The van der Waals surface area contributed by atoms with E-state index in [0.717, 1.165) is 18.2 Å². The zero-order chi connectivity index (χ0) is 14.8. The highest BCUT2D eigenvalue weighted by Gasteiger charge is 2.39. The van der Waals surface area contributed by atoms with Gasteiger partial charge in [0.1, 0.15) is 17.2 Å². The molecule has 0 saturated carbocycles. The van der Waals surface area contributed by atoms with Crippen LogP contribution in [0.25, 0.3) is 0 Å². The van der Waals surface area contributed by atoms with Gasteiger partial charge < -0.3 is 20.3 Å². The van der Waals surface area contributed by atoms with Crippen molar-refractivity contribution in [2.45, 2.75) is 31.2 Å². The summed E-state index contributed by atoms with van der Waals surface area (Å²) in [5.41, 5.74) is -1.08. The smallest absolute Gasteiger partial charge is 0.129 e. The molecule has 0 aliphatic carbocycles. The second-order valence-corrected chi connectivity index (χ2v) is 5.18. The minimum atomic E-state index is -1.17. The normalized spacial score (nSPS) is 27.8. The second kappa shape index (κ2) is 6.13. The lowest BCUT2D eigenvalue weighted by Crippen LogP contribution is -2.46. The predicted molar refractivity (Wildman–Crippen MR) is 69.2 cm³/mol. The van der Waals surface area contributed by atoms with Gasteiger partial charge in [-0.3, -0.25) is 0 Å². The molecule has 1 aromatic carbocycles. The van der Waals surface area contributed by atoms with Crippen LogP contribution in [0.3, 0.4) is 0 Å². The molecule has 1 heterocycles. The summed E-state index contributed by atoms with van der Waals surface area (Å²) in [6.45, 7) is 2.51. The Morgan fingerprint density at radius 2 is 2.25 bits per heavy atom. The molecule has 3 atom stereocenters. The molecule has 1 aliphatic heterocycles. The molecule has 4 nitrogen and oxygen atoms in total. The molecule has 1 aromatic rings. The van der Waals surface area contributed by atoms with Crippen molar-refractivity contribution in [3.05, 3.63) is 35.4 Å². The quantitative estimate of drug-likeness (QED) is 0.760. The fourth-order valence-corrected chi connectivity index (χ4v) is 2.31. The van der Waals surface area contributed by atoms with Crippen molar-refractivity contribution >= 4 is 0 Å². The summed E-state index contributed by atoms with van der Waals surface area (Å²) in [4.78, 5) is 0. The van der Waals surface area contributed by atoms with E-state index in [4.69, 9.17) is 4.74 Å². The highest BCUT2D eigenvalue weighted by Crippen LogP contribution is 2.25. The van der Waals surface area contributed by atoms with Crippen LogP contribution in [-0.2, 0) is 4.74 Å². The van der Waals surface area contributed by atoms with Gasteiger partial charge in [-0.2, -0.15) is 0 Å². The average Bonchev–Trinajstić information content (AvgIpc) is 2.72. The van der Waals surface area contributed by atoms with Crippen LogP contribution >= 0.6 is 0 Å². The first kappa shape index (κ1) is 15.3. The molecule has 3 N–H and O–H groups in total. The van der Waals surface area contributed by atoms with Gasteiger partial charge in [-0.1, -0.05) is 0 Å². The van der Waals surface area contributed by atoms with Crippen molar-refractivity contribution in [2.24, 2.45) is 0 Å². The largest absolute Gasteiger partial charge is 0.387 e. The Balaban J connectivity index is 1.89. The van der Waals surface area contributed by atoms with Crippen molar-refractivity contribution in [1.82, 2.24) is 5.32 Å². The van der Waals surface area contributed by atoms with Gasteiger partial charge in [0.05, 0.1) is 12.2 Å². The van der Waals surface area contributed by atoms with Crippen LogP contribution in [0.5, 0.6) is 0 Å². The first-order valence-electron chi connectivity index (χ1n) is 6.60. The Kier molecular flexibility index (Phi) is 4.70. The predicted octanol–water partition coefficient (Wildman–Crippen LogP) is 1.13. The zero-order valence-electron chi connectivity index (χ0n) is 11.3. The highest BCUT2D eigenvalue weighted by molar-refractivity contribution is 5.21. The molecule has 0 bridgehead atoms. The molecule has 3 unspecified atom stereocenters. The molecule has 6 heteroatoms. The van der Waals surface area contributed by atoms with Crippen LogP contribution in [0.15, 0.2) is 18.2 Å². The number of aliphatic hydroxyl groups is 2. The van der Waals surface area contributed by atoms with Crippen LogP contribution in [0.2, 0.25) is 0 Å². The molecule has 1 fully saturated rings. The lowest BCUT2D eigenvalue weighted by molar-refractivity contribution is -0.0274. The Hall–Kier alpha value is -1.08. The number of ether oxygens (including phenoxy) is 1. The average molecular weight is 287 g/mol. The summed E-state index contributed by atoms with van der Waals surface area (Å²) in [6, 6.07) is 2.95. The fourth-order valence-electron chi connectivity index (χ4n) is 2.31. The monoisotopic (exact) mass is 287 g/mol. The van der Waals surface area contributed by atoms with E-state index in [-0.39, 0.29) is 24.8 Å². The maximum Gasteiger partial charge on any atom is 0.129 e. The van der Waals surface area contributed by atoms with Gasteiger partial charge in [-0.05, 0) is 25.1 Å². The zero-order valence-corrected chi connectivity index (χ0v) is 11.3. The third kappa shape index (κ3) is 3.32. The topological polar surface area (TPSA) is 61.7 Å². The van der Waals surface area contributed by atoms with E-state index in [1.807, 2.05) is 0 Å². The van der Waals surface area contributed by atoms with Crippen LogP contribution in [0.4, 0.5) is 8.78 Å². The number of nitrogens with one attached hydrogen (secondary N) is 1. The summed E-state index contributed by atoms with van der Waals surface area (Å²) >= 11 is 0. The van der Waals surface area contributed by atoms with Crippen molar-refractivity contribution in [1.29, 1.82) is 0 Å². The summed E-state index contributed by atoms with van der Waals surface area (Å²) in [7, 11) is 0. The molecule has 0 amide bonds. The van der Waals surface area contributed by atoms with Crippen molar-refractivity contribution < 1.29 is 23.7 Å². The van der Waals surface area contributed by atoms with Gasteiger partial charge in [0, 0.05) is 31.7 Å². The minimum absolute atomic E-state index is 0.0232. The second-order valence-electron chi connectivity index (χ2n) is 5.18. The maximum absolute atomic E-state index is 13.5. The fraction of sp³-hybridized carbons (Fsp3) is 0.571. The lowest BCUT2D eigenvalue weighted by atomic mass is 9.96. The number of hydrogen-bond acceptors (Lipinski definition) is 4. The summed E-state index contributed by atoms with van der Waals surface area (Å²) < 4.78 is 31.8. The Bertz CT molecular complexity index is 472. The number of rotatable bonds is 5. The molecular formula is C14H19F2NO3. The van der Waals surface area contributed by atoms with Gasteiger partial charge in [-0.25, -0.2) is 8.78 Å². The van der Waals surface area contributed by atoms with Crippen LogP contribution in [0, 0.1) is 11.6 Å².